The highest BCUT2D eigenvalue weighted by atomic mass is 32.2. The molecule has 3 heterocycles. The molecule has 0 aliphatic carbocycles. The van der Waals surface area contributed by atoms with Crippen molar-refractivity contribution in [3.63, 3.8) is 0 Å². The monoisotopic (exact) mass is 342 g/mol. The number of aryl methyl sites for hydroxylation is 1. The minimum absolute atomic E-state index is 0.0315. The van der Waals surface area contributed by atoms with Crippen LogP contribution in [-0.2, 0) is 11.8 Å². The van der Waals surface area contributed by atoms with Crippen molar-refractivity contribution >= 4 is 17.7 Å². The maximum absolute atomic E-state index is 12.9. The van der Waals surface area contributed by atoms with Crippen LogP contribution in [0.3, 0.4) is 0 Å². The van der Waals surface area contributed by atoms with Gasteiger partial charge in [0.2, 0.25) is 5.91 Å². The largest absolute Gasteiger partial charge is 0.349 e. The zero-order valence-corrected chi connectivity index (χ0v) is 14.6. The Kier molecular flexibility index (Phi) is 4.33. The number of hydrogen-bond donors (Lipinski definition) is 2. The summed E-state index contributed by atoms with van der Waals surface area (Å²) in [5.41, 5.74) is 2.40. The lowest BCUT2D eigenvalue weighted by Crippen LogP contribution is -2.38. The number of carbonyl (C=O) groups is 1. The predicted octanol–water partition coefficient (Wildman–Crippen LogP) is 2.08. The molecule has 1 amide bonds. The maximum atomic E-state index is 12.9. The molecule has 1 aromatic heterocycles. The molecule has 6 heteroatoms. The first-order valence-corrected chi connectivity index (χ1v) is 9.42. The Labute approximate surface area is 146 Å². The first-order valence-electron chi connectivity index (χ1n) is 8.44. The van der Waals surface area contributed by atoms with Crippen LogP contribution in [0.4, 0.5) is 0 Å². The van der Waals surface area contributed by atoms with Gasteiger partial charge in [0, 0.05) is 42.9 Å². The van der Waals surface area contributed by atoms with Crippen molar-refractivity contribution in [2.24, 2.45) is 13.0 Å². The van der Waals surface area contributed by atoms with E-state index in [-0.39, 0.29) is 23.8 Å². The van der Waals surface area contributed by atoms with Crippen LogP contribution < -0.4 is 10.6 Å². The van der Waals surface area contributed by atoms with Crippen molar-refractivity contribution < 1.29 is 4.79 Å². The number of nitrogens with one attached hydrogen (secondary N) is 2. The molecule has 5 nitrogen and oxygen atoms in total. The van der Waals surface area contributed by atoms with Crippen molar-refractivity contribution in [3.8, 4) is 0 Å². The van der Waals surface area contributed by atoms with Gasteiger partial charge in [-0.3, -0.25) is 9.48 Å². The molecule has 0 radical (unpaired) electrons. The van der Waals surface area contributed by atoms with Crippen molar-refractivity contribution in [2.75, 3.05) is 18.8 Å². The van der Waals surface area contributed by atoms with Gasteiger partial charge in [0.15, 0.2) is 0 Å². The summed E-state index contributed by atoms with van der Waals surface area (Å²) in [7, 11) is 1.91. The maximum Gasteiger partial charge on any atom is 0.225 e. The number of nitrogens with zero attached hydrogens (tertiary/aromatic N) is 2. The summed E-state index contributed by atoms with van der Waals surface area (Å²) in [4.78, 5) is 14.2. The van der Waals surface area contributed by atoms with E-state index >= 15 is 0 Å². The summed E-state index contributed by atoms with van der Waals surface area (Å²) in [5.74, 6) is 1.38. The van der Waals surface area contributed by atoms with Crippen LogP contribution in [0.2, 0.25) is 0 Å². The SMILES string of the molecule is Cn1cc([C@H]2CNC[C@@H]2C(=O)NC2CCSc3ccccc32)cn1. The fourth-order valence-corrected chi connectivity index (χ4v) is 4.83. The van der Waals surface area contributed by atoms with Gasteiger partial charge in [0.1, 0.15) is 0 Å². The minimum atomic E-state index is -0.0315. The molecule has 2 aromatic rings. The van der Waals surface area contributed by atoms with Gasteiger partial charge in [-0.15, -0.1) is 11.8 Å². The number of aromatic nitrogens is 2. The molecule has 3 atom stereocenters. The second-order valence-corrected chi connectivity index (χ2v) is 7.69. The molecule has 2 aliphatic rings. The van der Waals surface area contributed by atoms with E-state index in [1.54, 1.807) is 4.68 Å². The third-order valence-corrected chi connectivity index (χ3v) is 6.10. The van der Waals surface area contributed by atoms with Crippen LogP contribution >= 0.6 is 11.8 Å². The van der Waals surface area contributed by atoms with Gasteiger partial charge in [0.05, 0.1) is 18.2 Å². The molecule has 1 aromatic carbocycles. The Morgan fingerprint density at radius 1 is 1.38 bits per heavy atom. The summed E-state index contributed by atoms with van der Waals surface area (Å²) in [6, 6.07) is 8.53. The summed E-state index contributed by atoms with van der Waals surface area (Å²) >= 11 is 1.88. The number of rotatable bonds is 3. The second kappa shape index (κ2) is 6.61. The molecule has 0 bridgehead atoms. The zero-order chi connectivity index (χ0) is 16.5. The van der Waals surface area contributed by atoms with E-state index in [4.69, 9.17) is 0 Å². The number of carbonyl (C=O) groups excluding carboxylic acids is 1. The molecule has 0 saturated carbocycles. The van der Waals surface area contributed by atoms with Crippen molar-refractivity contribution in [2.45, 2.75) is 23.3 Å². The molecule has 126 valence electrons. The minimum Gasteiger partial charge on any atom is -0.349 e. The average Bonchev–Trinajstić information content (AvgIpc) is 3.24. The number of hydrogen-bond acceptors (Lipinski definition) is 4. The molecule has 1 fully saturated rings. The van der Waals surface area contributed by atoms with E-state index in [0.29, 0.717) is 0 Å². The van der Waals surface area contributed by atoms with E-state index in [1.165, 1.54) is 10.5 Å². The predicted molar refractivity (Wildman–Crippen MR) is 95.0 cm³/mol. The lowest BCUT2D eigenvalue weighted by molar-refractivity contribution is -0.125. The van der Waals surface area contributed by atoms with Crippen LogP contribution in [-0.4, -0.2) is 34.5 Å². The van der Waals surface area contributed by atoms with Gasteiger partial charge in [0.25, 0.3) is 0 Å². The van der Waals surface area contributed by atoms with Gasteiger partial charge >= 0.3 is 0 Å². The van der Waals surface area contributed by atoms with E-state index in [2.05, 4.69) is 40.0 Å². The fraction of sp³-hybridized carbons (Fsp3) is 0.444. The van der Waals surface area contributed by atoms with Gasteiger partial charge in [-0.2, -0.15) is 5.10 Å². The molecule has 4 rings (SSSR count). The number of fused-ring (bicyclic) bond motifs is 1. The highest BCUT2D eigenvalue weighted by Crippen LogP contribution is 2.36. The standard InChI is InChI=1S/C18H22N4OS/c1-22-11-12(8-20-22)14-9-19-10-15(14)18(23)21-16-6-7-24-17-5-3-2-4-13(16)17/h2-5,8,11,14-16,19H,6-7,9-10H2,1H3,(H,21,23)/t14-,15+,16?/m1/s1. The summed E-state index contributed by atoms with van der Waals surface area (Å²) in [6.07, 6.45) is 4.89. The average molecular weight is 342 g/mol. The lowest BCUT2D eigenvalue weighted by Gasteiger charge is -2.28. The third kappa shape index (κ3) is 2.96. The van der Waals surface area contributed by atoms with E-state index in [1.807, 2.05) is 31.2 Å². The van der Waals surface area contributed by atoms with Gasteiger partial charge in [-0.25, -0.2) is 0 Å². The number of thioether (sulfide) groups is 1. The Morgan fingerprint density at radius 2 is 2.25 bits per heavy atom. The first-order chi connectivity index (χ1) is 11.7. The van der Waals surface area contributed by atoms with Crippen LogP contribution in [0, 0.1) is 5.92 Å². The van der Waals surface area contributed by atoms with Crippen LogP contribution in [0.5, 0.6) is 0 Å². The molecule has 2 N–H and O–H groups in total. The summed E-state index contributed by atoms with van der Waals surface area (Å²) in [5, 5.41) is 10.9. The van der Waals surface area contributed by atoms with Gasteiger partial charge < -0.3 is 10.6 Å². The van der Waals surface area contributed by atoms with Crippen LogP contribution in [0.15, 0.2) is 41.6 Å². The lowest BCUT2D eigenvalue weighted by atomic mass is 9.89. The van der Waals surface area contributed by atoms with Gasteiger partial charge in [-0.1, -0.05) is 18.2 Å². The van der Waals surface area contributed by atoms with Crippen LogP contribution in [0.1, 0.15) is 29.5 Å². The highest BCUT2D eigenvalue weighted by Gasteiger charge is 2.36. The third-order valence-electron chi connectivity index (χ3n) is 4.98. The summed E-state index contributed by atoms with van der Waals surface area (Å²) in [6.45, 7) is 1.56. The Balaban J connectivity index is 1.50. The summed E-state index contributed by atoms with van der Waals surface area (Å²) < 4.78 is 1.80. The van der Waals surface area contributed by atoms with Crippen LogP contribution in [0.25, 0.3) is 0 Å². The quantitative estimate of drug-likeness (QED) is 0.897. The van der Waals surface area contributed by atoms with E-state index < -0.39 is 0 Å². The normalized spacial score (nSPS) is 26.1. The Hall–Kier alpha value is -1.79. The zero-order valence-electron chi connectivity index (χ0n) is 13.7. The topological polar surface area (TPSA) is 59.0 Å². The molecule has 24 heavy (non-hydrogen) atoms. The number of benzene rings is 1. The first kappa shape index (κ1) is 15.7. The molecule has 1 saturated heterocycles. The Bertz CT molecular complexity index is 744. The van der Waals surface area contributed by atoms with Crippen molar-refractivity contribution in [3.05, 3.63) is 47.8 Å². The fourth-order valence-electron chi connectivity index (χ4n) is 3.71. The van der Waals surface area contributed by atoms with Gasteiger partial charge in [-0.05, 0) is 23.6 Å². The molecule has 2 aliphatic heterocycles. The highest BCUT2D eigenvalue weighted by molar-refractivity contribution is 7.99. The van der Waals surface area contributed by atoms with Crippen molar-refractivity contribution in [1.82, 2.24) is 20.4 Å². The molecule has 0 spiro atoms. The van der Waals surface area contributed by atoms with E-state index in [0.717, 1.165) is 30.8 Å². The van der Waals surface area contributed by atoms with Crippen molar-refractivity contribution in [1.29, 1.82) is 0 Å². The molecular formula is C18H22N4OS. The van der Waals surface area contributed by atoms with E-state index in [9.17, 15) is 4.79 Å². The molecule has 1 unspecified atom stereocenters. The second-order valence-electron chi connectivity index (χ2n) is 6.55. The molecular weight excluding hydrogens is 320 g/mol. The smallest absolute Gasteiger partial charge is 0.225 e. The number of amides is 1. The Morgan fingerprint density at radius 3 is 3.08 bits per heavy atom.